The van der Waals surface area contributed by atoms with Crippen molar-refractivity contribution in [2.75, 3.05) is 0 Å². The van der Waals surface area contributed by atoms with Gasteiger partial charge in [0.1, 0.15) is 0 Å². The highest BCUT2D eigenvalue weighted by Gasteiger charge is 2.08. The van der Waals surface area contributed by atoms with Crippen LogP contribution in [0.5, 0.6) is 0 Å². The number of nitrogens with one attached hydrogen (secondary N) is 1. The Balaban J connectivity index is 1.61. The third-order valence-electron chi connectivity index (χ3n) is 3.75. The molecule has 0 atom stereocenters. The van der Waals surface area contributed by atoms with E-state index < -0.39 is 0 Å². The summed E-state index contributed by atoms with van der Waals surface area (Å²) in [6, 6.07) is 10.7. The first-order valence-electron chi connectivity index (χ1n) is 7.40. The normalized spacial score (nSPS) is 10.6. The van der Waals surface area contributed by atoms with Gasteiger partial charge < -0.3 is 0 Å². The smallest absolute Gasteiger partial charge is 0.269 e. The molecular formula is C17H16N4O2. The Morgan fingerprint density at radius 3 is 2.48 bits per heavy atom. The number of nitro benzene ring substituents is 1. The lowest BCUT2D eigenvalue weighted by atomic mass is 10.0. The Morgan fingerprint density at radius 2 is 1.78 bits per heavy atom. The Morgan fingerprint density at radius 1 is 1.04 bits per heavy atom. The molecule has 6 heteroatoms. The van der Waals surface area contributed by atoms with E-state index >= 15 is 0 Å². The number of nitro groups is 1. The van der Waals surface area contributed by atoms with Gasteiger partial charge in [0.25, 0.3) is 5.69 Å². The fraction of sp³-hybridized carbons (Fsp3) is 0.176. The first-order valence-corrected chi connectivity index (χ1v) is 7.40. The van der Waals surface area contributed by atoms with E-state index in [1.165, 1.54) is 0 Å². The van der Waals surface area contributed by atoms with Crippen molar-refractivity contribution in [2.24, 2.45) is 0 Å². The van der Waals surface area contributed by atoms with Crippen LogP contribution in [-0.2, 0) is 12.8 Å². The number of rotatable bonds is 6. The fourth-order valence-corrected chi connectivity index (χ4v) is 2.54. The zero-order valence-electron chi connectivity index (χ0n) is 12.5. The van der Waals surface area contributed by atoms with Crippen molar-refractivity contribution in [1.29, 1.82) is 0 Å². The molecule has 0 amide bonds. The van der Waals surface area contributed by atoms with Crippen LogP contribution in [0.25, 0.3) is 11.1 Å². The van der Waals surface area contributed by atoms with Gasteiger partial charge in [0.2, 0.25) is 0 Å². The summed E-state index contributed by atoms with van der Waals surface area (Å²) in [5, 5.41) is 17.8. The SMILES string of the molecule is O=[N+]([O-])c1ccc(CCCc2[nH]ncc2-c2ccncc2)cc1. The van der Waals surface area contributed by atoms with E-state index in [4.69, 9.17) is 0 Å². The van der Waals surface area contributed by atoms with Crippen molar-refractivity contribution in [3.8, 4) is 11.1 Å². The van der Waals surface area contributed by atoms with Crippen LogP contribution in [0.3, 0.4) is 0 Å². The minimum Gasteiger partial charge on any atom is -0.282 e. The maximum absolute atomic E-state index is 10.6. The minimum absolute atomic E-state index is 0.127. The quantitative estimate of drug-likeness (QED) is 0.557. The number of aryl methyl sites for hydroxylation is 2. The van der Waals surface area contributed by atoms with E-state index in [0.29, 0.717) is 0 Å². The lowest BCUT2D eigenvalue weighted by molar-refractivity contribution is -0.384. The second kappa shape index (κ2) is 6.83. The Kier molecular flexibility index (Phi) is 4.42. The maximum Gasteiger partial charge on any atom is 0.269 e. The van der Waals surface area contributed by atoms with Crippen LogP contribution in [0.4, 0.5) is 5.69 Å². The number of hydrogen-bond acceptors (Lipinski definition) is 4. The van der Waals surface area contributed by atoms with Gasteiger partial charge in [-0.25, -0.2) is 0 Å². The topological polar surface area (TPSA) is 84.7 Å². The number of aromatic amines is 1. The second-order valence-corrected chi connectivity index (χ2v) is 5.28. The Hall–Kier alpha value is -3.02. The second-order valence-electron chi connectivity index (χ2n) is 5.28. The van der Waals surface area contributed by atoms with E-state index in [1.54, 1.807) is 24.5 Å². The average molecular weight is 308 g/mol. The van der Waals surface area contributed by atoms with Gasteiger partial charge in [-0.15, -0.1) is 0 Å². The highest BCUT2D eigenvalue weighted by molar-refractivity contribution is 5.64. The number of benzene rings is 1. The standard InChI is InChI=1S/C17H16N4O2/c22-21(23)15-6-4-13(5-7-15)2-1-3-17-16(12-19-20-17)14-8-10-18-11-9-14/h4-12H,1-3H2,(H,19,20). The van der Waals surface area contributed by atoms with Crippen LogP contribution in [0, 0.1) is 10.1 Å². The molecule has 0 spiro atoms. The van der Waals surface area contributed by atoms with Crippen molar-refractivity contribution in [1.82, 2.24) is 15.2 Å². The number of non-ortho nitro benzene ring substituents is 1. The summed E-state index contributed by atoms with van der Waals surface area (Å²) in [7, 11) is 0. The van der Waals surface area contributed by atoms with E-state index in [1.807, 2.05) is 30.5 Å². The molecular weight excluding hydrogens is 292 g/mol. The van der Waals surface area contributed by atoms with E-state index in [2.05, 4.69) is 15.2 Å². The van der Waals surface area contributed by atoms with Crippen molar-refractivity contribution in [3.05, 3.63) is 76.4 Å². The van der Waals surface area contributed by atoms with Crippen LogP contribution in [0.2, 0.25) is 0 Å². The Labute approximate surface area is 133 Å². The van der Waals surface area contributed by atoms with Gasteiger partial charge in [0, 0.05) is 35.8 Å². The molecule has 0 fully saturated rings. The van der Waals surface area contributed by atoms with Crippen molar-refractivity contribution >= 4 is 5.69 Å². The van der Waals surface area contributed by atoms with Crippen molar-refractivity contribution < 1.29 is 4.92 Å². The summed E-state index contributed by atoms with van der Waals surface area (Å²) >= 11 is 0. The van der Waals surface area contributed by atoms with E-state index in [0.717, 1.165) is 41.6 Å². The molecule has 116 valence electrons. The lowest BCUT2D eigenvalue weighted by Crippen LogP contribution is -1.94. The van der Waals surface area contributed by atoms with Gasteiger partial charge in [0.15, 0.2) is 0 Å². The lowest BCUT2D eigenvalue weighted by Gasteiger charge is -2.04. The summed E-state index contributed by atoms with van der Waals surface area (Å²) in [4.78, 5) is 14.3. The summed E-state index contributed by atoms with van der Waals surface area (Å²) in [5.74, 6) is 0. The number of aromatic nitrogens is 3. The third-order valence-corrected chi connectivity index (χ3v) is 3.75. The van der Waals surface area contributed by atoms with Crippen LogP contribution >= 0.6 is 0 Å². The number of hydrogen-bond donors (Lipinski definition) is 1. The molecule has 0 aliphatic heterocycles. The van der Waals surface area contributed by atoms with Gasteiger partial charge >= 0.3 is 0 Å². The molecule has 0 bridgehead atoms. The predicted molar refractivity (Wildman–Crippen MR) is 86.9 cm³/mol. The largest absolute Gasteiger partial charge is 0.282 e. The summed E-state index contributed by atoms with van der Waals surface area (Å²) in [6.45, 7) is 0. The molecule has 2 aromatic heterocycles. The zero-order chi connectivity index (χ0) is 16.1. The van der Waals surface area contributed by atoms with Crippen LogP contribution in [-0.4, -0.2) is 20.1 Å². The summed E-state index contributed by atoms with van der Waals surface area (Å²) in [6.07, 6.45) is 8.04. The molecule has 23 heavy (non-hydrogen) atoms. The monoisotopic (exact) mass is 308 g/mol. The molecule has 1 N–H and O–H groups in total. The van der Waals surface area contributed by atoms with Gasteiger partial charge in [-0.3, -0.25) is 20.2 Å². The first-order chi connectivity index (χ1) is 11.2. The van der Waals surface area contributed by atoms with Gasteiger partial charge in [0.05, 0.1) is 11.1 Å². The summed E-state index contributed by atoms with van der Waals surface area (Å²) < 4.78 is 0. The molecule has 2 heterocycles. The molecule has 0 radical (unpaired) electrons. The zero-order valence-corrected chi connectivity index (χ0v) is 12.5. The van der Waals surface area contributed by atoms with Crippen LogP contribution in [0.15, 0.2) is 55.0 Å². The number of H-pyrrole nitrogens is 1. The van der Waals surface area contributed by atoms with Crippen LogP contribution < -0.4 is 0 Å². The molecule has 3 rings (SSSR count). The molecule has 3 aromatic rings. The van der Waals surface area contributed by atoms with E-state index in [9.17, 15) is 10.1 Å². The molecule has 0 aliphatic rings. The number of pyridine rings is 1. The molecule has 0 unspecified atom stereocenters. The van der Waals surface area contributed by atoms with Crippen LogP contribution in [0.1, 0.15) is 17.7 Å². The average Bonchev–Trinajstić information content (AvgIpc) is 3.05. The molecule has 0 saturated heterocycles. The predicted octanol–water partition coefficient (Wildman–Crippen LogP) is 3.56. The highest BCUT2D eigenvalue weighted by Crippen LogP contribution is 2.22. The maximum atomic E-state index is 10.6. The highest BCUT2D eigenvalue weighted by atomic mass is 16.6. The third kappa shape index (κ3) is 3.60. The fourth-order valence-electron chi connectivity index (χ4n) is 2.54. The van der Waals surface area contributed by atoms with Gasteiger partial charge in [-0.05, 0) is 42.5 Å². The van der Waals surface area contributed by atoms with Crippen molar-refractivity contribution in [2.45, 2.75) is 19.3 Å². The molecule has 6 nitrogen and oxygen atoms in total. The summed E-state index contributed by atoms with van der Waals surface area (Å²) in [5.41, 5.74) is 4.51. The van der Waals surface area contributed by atoms with Crippen molar-refractivity contribution in [3.63, 3.8) is 0 Å². The Bertz CT molecular complexity index is 782. The van der Waals surface area contributed by atoms with Gasteiger partial charge in [-0.2, -0.15) is 5.10 Å². The molecule has 0 aliphatic carbocycles. The van der Waals surface area contributed by atoms with E-state index in [-0.39, 0.29) is 10.6 Å². The molecule has 0 saturated carbocycles. The minimum atomic E-state index is -0.380. The first kappa shape index (κ1) is 14.9. The number of nitrogens with zero attached hydrogens (tertiary/aromatic N) is 3. The van der Waals surface area contributed by atoms with Gasteiger partial charge in [-0.1, -0.05) is 12.1 Å². The molecule has 1 aromatic carbocycles.